The molecule has 0 radical (unpaired) electrons. The molecule has 1 rings (SSSR count). The third-order valence-electron chi connectivity index (χ3n) is 11.0. The zero-order valence-electron chi connectivity index (χ0n) is 41.4. The number of aliphatic carboxylic acids is 1. The molecule has 12 nitrogen and oxygen atoms in total. The van der Waals surface area contributed by atoms with E-state index in [9.17, 15) is 34.5 Å². The molecule has 0 aromatic carbocycles. The topological polar surface area (TPSA) is 175 Å². The molecule has 0 aromatic rings. The molecule has 1 aliphatic heterocycles. The fourth-order valence-electron chi connectivity index (χ4n) is 7.08. The molecule has 6 atom stereocenters. The highest BCUT2D eigenvalue weighted by Crippen LogP contribution is 2.26. The van der Waals surface area contributed by atoms with Crippen LogP contribution in [0.5, 0.6) is 0 Å². The number of allylic oxidation sites excluding steroid dienone is 14. The first-order valence-corrected chi connectivity index (χ1v) is 25.6. The molecule has 0 aliphatic carbocycles. The Morgan fingerprint density at radius 2 is 0.940 bits per heavy atom. The first-order chi connectivity index (χ1) is 32.6. The Bertz CT molecular complexity index is 1490. The number of carboxylic acid groups (broad SMARTS) is 1. The molecule has 1 fully saturated rings. The number of carboxylic acids is 1. The highest BCUT2D eigenvalue weighted by atomic mass is 16.7. The molecule has 0 aromatic heterocycles. The molecule has 67 heavy (non-hydrogen) atoms. The monoisotopic (exact) mass is 941 g/mol. The van der Waals surface area contributed by atoms with Crippen LogP contribution in [0.2, 0.25) is 0 Å². The van der Waals surface area contributed by atoms with Crippen molar-refractivity contribution in [1.29, 1.82) is 0 Å². The van der Waals surface area contributed by atoms with Crippen molar-refractivity contribution in [2.75, 3.05) is 13.2 Å². The normalized spacial score (nSPS) is 19.6. The number of hydrogen-bond acceptors (Lipinski definition) is 11. The summed E-state index contributed by atoms with van der Waals surface area (Å²) < 4.78 is 28.2. The van der Waals surface area contributed by atoms with Crippen molar-refractivity contribution in [2.24, 2.45) is 0 Å². The molecular weight excluding hydrogens is 853 g/mol. The lowest BCUT2D eigenvalue weighted by Crippen LogP contribution is -2.61. The Hall–Kier alpha value is -4.10. The van der Waals surface area contributed by atoms with Gasteiger partial charge in [0.05, 0.1) is 6.61 Å². The van der Waals surface area contributed by atoms with Gasteiger partial charge in [-0.25, -0.2) is 4.79 Å². The molecule has 3 N–H and O–H groups in total. The number of esters is 3. The Morgan fingerprint density at radius 1 is 0.507 bits per heavy atom. The van der Waals surface area contributed by atoms with Gasteiger partial charge in [-0.3, -0.25) is 14.4 Å². The number of aliphatic hydroxyl groups excluding tert-OH is 2. The molecule has 1 aliphatic rings. The van der Waals surface area contributed by atoms with E-state index in [2.05, 4.69) is 106 Å². The van der Waals surface area contributed by atoms with Crippen LogP contribution in [0.3, 0.4) is 0 Å². The van der Waals surface area contributed by atoms with Crippen LogP contribution < -0.4 is 0 Å². The maximum Gasteiger partial charge on any atom is 0.335 e. The van der Waals surface area contributed by atoms with Crippen molar-refractivity contribution < 1.29 is 58.2 Å². The molecule has 1 heterocycles. The van der Waals surface area contributed by atoms with E-state index < -0.39 is 67.3 Å². The van der Waals surface area contributed by atoms with Crippen LogP contribution in [0.15, 0.2) is 85.1 Å². The molecule has 0 bridgehead atoms. The quantitative estimate of drug-likeness (QED) is 0.0229. The largest absolute Gasteiger partial charge is 0.479 e. The summed E-state index contributed by atoms with van der Waals surface area (Å²) in [6.07, 6.45) is 41.6. The first-order valence-electron chi connectivity index (χ1n) is 25.6. The third kappa shape index (κ3) is 33.9. The van der Waals surface area contributed by atoms with Gasteiger partial charge in [-0.15, -0.1) is 0 Å². The van der Waals surface area contributed by atoms with Gasteiger partial charge in [0.25, 0.3) is 0 Å². The summed E-state index contributed by atoms with van der Waals surface area (Å²) in [4.78, 5) is 50.7. The van der Waals surface area contributed by atoms with E-state index in [1.165, 1.54) is 32.1 Å². The van der Waals surface area contributed by atoms with Gasteiger partial charge in [-0.05, 0) is 89.9 Å². The van der Waals surface area contributed by atoms with Gasteiger partial charge in [0.15, 0.2) is 24.6 Å². The van der Waals surface area contributed by atoms with Crippen LogP contribution in [0.4, 0.5) is 0 Å². The van der Waals surface area contributed by atoms with Gasteiger partial charge < -0.3 is 39.0 Å². The summed E-state index contributed by atoms with van der Waals surface area (Å²) in [6.45, 7) is 5.65. The summed E-state index contributed by atoms with van der Waals surface area (Å²) in [7, 11) is 0. The minimum absolute atomic E-state index is 0.00267. The molecule has 0 saturated carbocycles. The third-order valence-corrected chi connectivity index (χ3v) is 11.0. The number of ether oxygens (including phenoxy) is 5. The predicted molar refractivity (Wildman–Crippen MR) is 266 cm³/mol. The number of hydrogen-bond donors (Lipinski definition) is 3. The maximum absolute atomic E-state index is 13.0. The van der Waals surface area contributed by atoms with Crippen LogP contribution in [0.1, 0.15) is 188 Å². The summed E-state index contributed by atoms with van der Waals surface area (Å²) in [5.74, 6) is -3.23. The Kier molecular flexibility index (Phi) is 39.3. The van der Waals surface area contributed by atoms with Crippen molar-refractivity contribution in [2.45, 2.75) is 225 Å². The average molecular weight is 941 g/mol. The molecule has 0 amide bonds. The number of unbranched alkanes of at least 4 members (excludes halogenated alkanes) is 13. The zero-order chi connectivity index (χ0) is 49.0. The van der Waals surface area contributed by atoms with Crippen molar-refractivity contribution in [3.05, 3.63) is 85.1 Å². The van der Waals surface area contributed by atoms with Crippen molar-refractivity contribution in [1.82, 2.24) is 0 Å². The molecule has 6 unspecified atom stereocenters. The van der Waals surface area contributed by atoms with Gasteiger partial charge in [-0.1, -0.05) is 164 Å². The smallest absolute Gasteiger partial charge is 0.335 e. The van der Waals surface area contributed by atoms with E-state index in [1.54, 1.807) is 0 Å². The lowest BCUT2D eigenvalue weighted by Gasteiger charge is -2.40. The zero-order valence-corrected chi connectivity index (χ0v) is 41.4. The van der Waals surface area contributed by atoms with E-state index in [0.717, 1.165) is 89.9 Å². The van der Waals surface area contributed by atoms with Crippen molar-refractivity contribution in [3.8, 4) is 0 Å². The number of aliphatic hydroxyl groups is 2. The van der Waals surface area contributed by atoms with Crippen LogP contribution in [-0.4, -0.2) is 89.2 Å². The first kappa shape index (κ1) is 60.9. The van der Waals surface area contributed by atoms with Gasteiger partial charge in [0.1, 0.15) is 18.8 Å². The second-order valence-electron chi connectivity index (χ2n) is 17.0. The number of carbonyl (C=O) groups excluding carboxylic acids is 3. The lowest BCUT2D eigenvalue weighted by atomic mass is 9.98. The van der Waals surface area contributed by atoms with Gasteiger partial charge in [-0.2, -0.15) is 0 Å². The SMILES string of the molecule is CC/C=C\C/C=C\C/C=C\C/C=C\CCCCC(=O)OC1C(OCC(COC(=O)CCCCC/C=C\C/C=C\C/C=C\CC)OC(=O)CCCCCCCCCCC)OC(C(=O)O)C(O)C1O. The highest BCUT2D eigenvalue weighted by Gasteiger charge is 2.50. The molecule has 12 heteroatoms. The summed E-state index contributed by atoms with van der Waals surface area (Å²) in [5, 5.41) is 31.3. The second-order valence-corrected chi connectivity index (χ2v) is 17.0. The van der Waals surface area contributed by atoms with Crippen LogP contribution in [-0.2, 0) is 42.9 Å². The Balaban J connectivity index is 2.77. The van der Waals surface area contributed by atoms with E-state index in [4.69, 9.17) is 23.7 Å². The summed E-state index contributed by atoms with van der Waals surface area (Å²) in [6, 6.07) is 0. The maximum atomic E-state index is 13.0. The average Bonchev–Trinajstić information content (AvgIpc) is 3.31. The van der Waals surface area contributed by atoms with Crippen molar-refractivity contribution in [3.63, 3.8) is 0 Å². The van der Waals surface area contributed by atoms with Crippen LogP contribution in [0.25, 0.3) is 0 Å². The second kappa shape index (κ2) is 43.2. The van der Waals surface area contributed by atoms with Gasteiger partial charge in [0, 0.05) is 19.3 Å². The minimum Gasteiger partial charge on any atom is -0.479 e. The van der Waals surface area contributed by atoms with E-state index in [1.807, 2.05) is 0 Å². The number of rotatable bonds is 41. The highest BCUT2D eigenvalue weighted by molar-refractivity contribution is 5.74. The fourth-order valence-corrected chi connectivity index (χ4v) is 7.08. The summed E-state index contributed by atoms with van der Waals surface area (Å²) >= 11 is 0. The van der Waals surface area contributed by atoms with Gasteiger partial charge >= 0.3 is 23.9 Å². The molecule has 380 valence electrons. The minimum atomic E-state index is -1.92. The molecular formula is C55H88O12. The molecule has 1 saturated heterocycles. The standard InChI is InChI=1S/C55H88O12/c1-4-7-10-13-16-19-21-23-24-26-28-31-34-37-40-43-49(58)66-53-51(60)50(59)52(54(61)62)67-55(53)64-45-46(65-48(57)42-39-36-33-29-18-15-12-9-6-3)44-63-47(56)41-38-35-32-30-27-25-22-20-17-14-11-8-5-2/h7-8,10-11,16-17,19-20,23-25,27-28,31,46,50-53,55,59-60H,4-6,9,12-15,18,21-22,26,29-30,32-45H2,1-3H3,(H,61,62)/b10-7-,11-8-,19-16-,20-17-,24-23-,27-25-,31-28-. The van der Waals surface area contributed by atoms with E-state index in [-0.39, 0.29) is 25.9 Å². The lowest BCUT2D eigenvalue weighted by molar-refractivity contribution is -0.301. The fraction of sp³-hybridized carbons (Fsp3) is 0.673. The van der Waals surface area contributed by atoms with Crippen LogP contribution in [0, 0.1) is 0 Å². The van der Waals surface area contributed by atoms with E-state index >= 15 is 0 Å². The number of carbonyl (C=O) groups is 4. The van der Waals surface area contributed by atoms with E-state index in [0.29, 0.717) is 25.7 Å². The van der Waals surface area contributed by atoms with Gasteiger partial charge in [0.2, 0.25) is 0 Å². The molecule has 0 spiro atoms. The van der Waals surface area contributed by atoms with Crippen molar-refractivity contribution >= 4 is 23.9 Å². The summed E-state index contributed by atoms with van der Waals surface area (Å²) in [5.41, 5.74) is 0. The van der Waals surface area contributed by atoms with Crippen LogP contribution >= 0.6 is 0 Å². The Morgan fingerprint density at radius 3 is 1.46 bits per heavy atom. The predicted octanol–water partition coefficient (Wildman–Crippen LogP) is 12.0. The Labute approximate surface area is 403 Å².